The van der Waals surface area contributed by atoms with Gasteiger partial charge in [0.05, 0.1) is 15.6 Å². The summed E-state index contributed by atoms with van der Waals surface area (Å²) in [6.45, 7) is 2.43. The lowest BCUT2D eigenvalue weighted by Gasteiger charge is -2.25. The van der Waals surface area contributed by atoms with Gasteiger partial charge in [0.15, 0.2) is 5.75 Å². The Hall–Kier alpha value is -2.28. The number of carboxylic acid groups (broad SMARTS) is 1. The number of aromatic nitrogens is 1. The van der Waals surface area contributed by atoms with E-state index in [9.17, 15) is 9.90 Å². The monoisotopic (exact) mass is 448 g/mol. The van der Waals surface area contributed by atoms with Gasteiger partial charge in [-0.05, 0) is 61.1 Å². The van der Waals surface area contributed by atoms with Crippen LogP contribution in [0.2, 0.25) is 10.0 Å². The molecule has 2 aliphatic heterocycles. The van der Waals surface area contributed by atoms with E-state index in [-0.39, 0.29) is 19.3 Å². The van der Waals surface area contributed by atoms with Crippen LogP contribution in [0.25, 0.3) is 5.57 Å². The van der Waals surface area contributed by atoms with E-state index in [0.29, 0.717) is 39.7 Å². The molecular formula is C22H22Cl2N2O4. The number of carboxylic acids is 1. The van der Waals surface area contributed by atoms with E-state index in [0.717, 1.165) is 29.5 Å². The van der Waals surface area contributed by atoms with Gasteiger partial charge in [0.2, 0.25) is 5.88 Å². The molecule has 1 saturated heterocycles. The van der Waals surface area contributed by atoms with E-state index in [4.69, 9.17) is 32.7 Å². The van der Waals surface area contributed by atoms with Crippen LogP contribution in [0.15, 0.2) is 36.0 Å². The Morgan fingerprint density at radius 1 is 1.20 bits per heavy atom. The number of ether oxygens (including phenoxy) is 2. The standard InChI is InChI=1S/C22H22Cl2N2O4/c1-12-8-16(23)21(17(24)9-12)30-7-6-29-19-5-2-13(11-25-19)15-10-14-3-4-18(26-14)20(15)22(27)28/h2,5,8-9,11,14,18,26H,3-4,6-7,10H2,1H3,(H,27,28)/t14-,18+/m0/s1. The van der Waals surface area contributed by atoms with E-state index in [2.05, 4.69) is 10.3 Å². The highest BCUT2D eigenvalue weighted by atomic mass is 35.5. The summed E-state index contributed by atoms with van der Waals surface area (Å²) in [5.41, 5.74) is 3.10. The summed E-state index contributed by atoms with van der Waals surface area (Å²) in [6, 6.07) is 7.44. The molecule has 0 unspecified atom stereocenters. The molecule has 3 heterocycles. The Labute approximate surface area is 184 Å². The molecule has 0 aliphatic carbocycles. The summed E-state index contributed by atoms with van der Waals surface area (Å²) in [7, 11) is 0. The molecule has 0 saturated carbocycles. The molecule has 2 aliphatic rings. The molecule has 2 N–H and O–H groups in total. The molecule has 4 rings (SSSR count). The third kappa shape index (κ3) is 4.41. The van der Waals surface area contributed by atoms with Crippen LogP contribution in [0.5, 0.6) is 11.6 Å². The van der Waals surface area contributed by atoms with Crippen molar-refractivity contribution in [2.24, 2.45) is 0 Å². The molecule has 0 amide bonds. The Morgan fingerprint density at radius 2 is 1.93 bits per heavy atom. The number of hydrogen-bond donors (Lipinski definition) is 2. The van der Waals surface area contributed by atoms with Gasteiger partial charge in [0.25, 0.3) is 0 Å². The van der Waals surface area contributed by atoms with E-state index < -0.39 is 5.97 Å². The van der Waals surface area contributed by atoms with Crippen LogP contribution in [0, 0.1) is 6.92 Å². The molecule has 6 nitrogen and oxygen atoms in total. The zero-order valence-corrected chi connectivity index (χ0v) is 18.0. The predicted molar refractivity (Wildman–Crippen MR) is 116 cm³/mol. The molecule has 8 heteroatoms. The largest absolute Gasteiger partial charge is 0.487 e. The lowest BCUT2D eigenvalue weighted by molar-refractivity contribution is -0.133. The highest BCUT2D eigenvalue weighted by molar-refractivity contribution is 6.37. The summed E-state index contributed by atoms with van der Waals surface area (Å²) in [4.78, 5) is 16.1. The number of halogens is 2. The van der Waals surface area contributed by atoms with E-state index in [1.165, 1.54) is 0 Å². The summed E-state index contributed by atoms with van der Waals surface area (Å²) >= 11 is 12.3. The smallest absolute Gasteiger partial charge is 0.333 e. The maximum Gasteiger partial charge on any atom is 0.333 e. The Kier molecular flexibility index (Phi) is 6.18. The topological polar surface area (TPSA) is 80.7 Å². The zero-order chi connectivity index (χ0) is 21.3. The maximum absolute atomic E-state index is 11.8. The van der Waals surface area contributed by atoms with Crippen molar-refractivity contribution in [1.82, 2.24) is 10.3 Å². The molecule has 0 radical (unpaired) electrons. The molecule has 2 atom stereocenters. The summed E-state index contributed by atoms with van der Waals surface area (Å²) < 4.78 is 11.3. The van der Waals surface area contributed by atoms with Gasteiger partial charge < -0.3 is 19.9 Å². The number of pyridine rings is 1. The van der Waals surface area contributed by atoms with Crippen LogP contribution >= 0.6 is 23.2 Å². The van der Waals surface area contributed by atoms with Crippen LogP contribution in [-0.2, 0) is 4.79 Å². The fraction of sp³-hybridized carbons (Fsp3) is 0.364. The molecule has 2 aromatic rings. The lowest BCUT2D eigenvalue weighted by Crippen LogP contribution is -2.38. The lowest BCUT2D eigenvalue weighted by atomic mass is 9.90. The third-order valence-electron chi connectivity index (χ3n) is 5.40. The quantitative estimate of drug-likeness (QED) is 0.606. The number of rotatable bonds is 7. The maximum atomic E-state index is 11.8. The minimum Gasteiger partial charge on any atom is -0.487 e. The van der Waals surface area contributed by atoms with Gasteiger partial charge in [-0.1, -0.05) is 23.2 Å². The van der Waals surface area contributed by atoms with Gasteiger partial charge in [-0.25, -0.2) is 9.78 Å². The number of aryl methyl sites for hydroxylation is 1. The fourth-order valence-electron chi connectivity index (χ4n) is 4.08. The molecule has 30 heavy (non-hydrogen) atoms. The van der Waals surface area contributed by atoms with Crippen LogP contribution in [0.1, 0.15) is 30.4 Å². The number of hydrogen-bond acceptors (Lipinski definition) is 5. The van der Waals surface area contributed by atoms with Gasteiger partial charge in [0, 0.05) is 24.3 Å². The van der Waals surface area contributed by atoms with E-state index in [1.807, 2.05) is 13.0 Å². The second-order valence-electron chi connectivity index (χ2n) is 7.53. The minimum atomic E-state index is -0.867. The predicted octanol–water partition coefficient (Wildman–Crippen LogP) is 4.52. The number of carbonyl (C=O) groups is 1. The average Bonchev–Trinajstić information content (AvgIpc) is 3.07. The van der Waals surface area contributed by atoms with E-state index in [1.54, 1.807) is 24.4 Å². The first-order valence-corrected chi connectivity index (χ1v) is 10.6. The Morgan fingerprint density at radius 3 is 2.60 bits per heavy atom. The summed E-state index contributed by atoms with van der Waals surface area (Å²) in [6.07, 6.45) is 4.23. The molecule has 1 fully saturated rings. The van der Waals surface area contributed by atoms with E-state index >= 15 is 0 Å². The number of nitrogens with zero attached hydrogens (tertiary/aromatic N) is 1. The third-order valence-corrected chi connectivity index (χ3v) is 5.96. The normalized spacial score (nSPS) is 20.4. The molecule has 158 valence electrons. The number of benzene rings is 1. The van der Waals surface area contributed by atoms with Gasteiger partial charge in [-0.15, -0.1) is 0 Å². The second-order valence-corrected chi connectivity index (χ2v) is 8.35. The Balaban J connectivity index is 1.38. The minimum absolute atomic E-state index is 0.0789. The van der Waals surface area contributed by atoms with Crippen molar-refractivity contribution < 1.29 is 19.4 Å². The van der Waals surface area contributed by atoms with Gasteiger partial charge in [-0.2, -0.15) is 0 Å². The van der Waals surface area contributed by atoms with Crippen LogP contribution < -0.4 is 14.8 Å². The first-order chi connectivity index (χ1) is 14.4. The molecule has 1 aromatic heterocycles. The highest BCUT2D eigenvalue weighted by Gasteiger charge is 2.37. The van der Waals surface area contributed by atoms with Crippen molar-refractivity contribution in [1.29, 1.82) is 0 Å². The van der Waals surface area contributed by atoms with Crippen LogP contribution in [0.4, 0.5) is 0 Å². The van der Waals surface area contributed by atoms with Gasteiger partial charge in [0.1, 0.15) is 13.2 Å². The first-order valence-electron chi connectivity index (χ1n) is 9.82. The number of aliphatic carboxylic acids is 1. The Bertz CT molecular complexity index is 968. The molecule has 1 aromatic carbocycles. The summed E-state index contributed by atoms with van der Waals surface area (Å²) in [5.74, 6) is 0.0103. The van der Waals surface area contributed by atoms with Crippen molar-refractivity contribution in [2.75, 3.05) is 13.2 Å². The fourth-order valence-corrected chi connectivity index (χ4v) is 4.79. The van der Waals surface area contributed by atoms with Gasteiger partial charge >= 0.3 is 5.97 Å². The SMILES string of the molecule is Cc1cc(Cl)c(OCCOc2ccc(C3=C(C(=O)O)[C@H]4CC[C@@H](C3)N4)cn2)c(Cl)c1. The summed E-state index contributed by atoms with van der Waals surface area (Å²) in [5, 5.41) is 14.0. The van der Waals surface area contributed by atoms with Crippen molar-refractivity contribution in [3.05, 3.63) is 57.2 Å². The van der Waals surface area contributed by atoms with Gasteiger partial charge in [-0.3, -0.25) is 0 Å². The van der Waals surface area contributed by atoms with Crippen molar-refractivity contribution >= 4 is 34.7 Å². The molecule has 2 bridgehead atoms. The molecule has 0 spiro atoms. The molecular weight excluding hydrogens is 427 g/mol. The zero-order valence-electron chi connectivity index (χ0n) is 16.5. The average molecular weight is 449 g/mol. The highest BCUT2D eigenvalue weighted by Crippen LogP contribution is 2.37. The number of fused-ring (bicyclic) bond motifs is 2. The van der Waals surface area contributed by atoms with Crippen molar-refractivity contribution in [2.45, 2.75) is 38.3 Å². The first kappa shape index (κ1) is 21.0. The number of nitrogens with one attached hydrogen (secondary N) is 1. The van der Waals surface area contributed by atoms with Crippen LogP contribution in [-0.4, -0.2) is 41.4 Å². The van der Waals surface area contributed by atoms with Crippen molar-refractivity contribution in [3.63, 3.8) is 0 Å². The van der Waals surface area contributed by atoms with Crippen LogP contribution in [0.3, 0.4) is 0 Å². The van der Waals surface area contributed by atoms with Crippen molar-refractivity contribution in [3.8, 4) is 11.6 Å². The second kappa shape index (κ2) is 8.84.